The van der Waals surface area contributed by atoms with Crippen LogP contribution in [0.4, 0.5) is 13.2 Å². The van der Waals surface area contributed by atoms with Crippen molar-refractivity contribution in [3.8, 4) is 11.1 Å². The number of benzene rings is 2. The Bertz CT molecular complexity index is 967. The number of nitrogens with zero attached hydrogens (tertiary/aromatic N) is 1. The zero-order valence-electron chi connectivity index (χ0n) is 14.6. The number of hydrogen-bond donors (Lipinski definition) is 0. The van der Waals surface area contributed by atoms with Crippen molar-refractivity contribution in [2.45, 2.75) is 25.4 Å². The molecule has 0 bridgehead atoms. The van der Waals surface area contributed by atoms with E-state index in [0.717, 1.165) is 38.4 Å². The highest BCUT2D eigenvalue weighted by Gasteiger charge is 2.34. The van der Waals surface area contributed by atoms with Gasteiger partial charge in [-0.3, -0.25) is 4.79 Å². The maximum Gasteiger partial charge on any atom is 0.420 e. The molecule has 3 aromatic rings. The van der Waals surface area contributed by atoms with E-state index in [2.05, 4.69) is 0 Å². The molecule has 0 saturated carbocycles. The average molecular weight is 373 g/mol. The largest absolute Gasteiger partial charge is 0.464 e. The number of furan rings is 1. The van der Waals surface area contributed by atoms with Crippen molar-refractivity contribution in [2.75, 3.05) is 13.1 Å². The highest BCUT2D eigenvalue weighted by Crippen LogP contribution is 2.38. The summed E-state index contributed by atoms with van der Waals surface area (Å²) in [5.41, 5.74) is 0.657. The van der Waals surface area contributed by atoms with E-state index in [-0.39, 0.29) is 11.5 Å². The van der Waals surface area contributed by atoms with Gasteiger partial charge >= 0.3 is 6.18 Å². The third-order valence-corrected chi connectivity index (χ3v) is 4.97. The van der Waals surface area contributed by atoms with Gasteiger partial charge in [0.1, 0.15) is 5.58 Å². The monoisotopic (exact) mass is 373 g/mol. The number of alkyl halides is 3. The van der Waals surface area contributed by atoms with E-state index in [9.17, 15) is 18.0 Å². The fraction of sp³-hybridized carbons (Fsp3) is 0.286. The SMILES string of the molecule is O=C(c1ccc(-c2cc(C(F)(F)F)c3occc3c2)cc1)N1CCCCC1. The topological polar surface area (TPSA) is 33.5 Å². The molecule has 2 heterocycles. The molecule has 27 heavy (non-hydrogen) atoms. The van der Waals surface area contributed by atoms with Gasteiger partial charge in [0, 0.05) is 24.0 Å². The minimum Gasteiger partial charge on any atom is -0.464 e. The van der Waals surface area contributed by atoms with E-state index in [4.69, 9.17) is 4.42 Å². The molecule has 0 unspecified atom stereocenters. The first kappa shape index (κ1) is 17.6. The first-order chi connectivity index (χ1) is 12.9. The van der Waals surface area contributed by atoms with Crippen molar-refractivity contribution in [2.24, 2.45) is 0 Å². The minimum absolute atomic E-state index is 0.0254. The smallest absolute Gasteiger partial charge is 0.420 e. The number of hydrogen-bond acceptors (Lipinski definition) is 2. The Labute approximate surface area is 154 Å². The number of piperidine rings is 1. The second kappa shape index (κ2) is 6.76. The van der Waals surface area contributed by atoms with Crippen LogP contribution in [-0.2, 0) is 6.18 Å². The van der Waals surface area contributed by atoms with E-state index in [1.165, 1.54) is 12.3 Å². The summed E-state index contributed by atoms with van der Waals surface area (Å²) in [4.78, 5) is 14.4. The number of halogens is 3. The number of carbonyl (C=O) groups is 1. The molecule has 0 N–H and O–H groups in total. The zero-order valence-corrected chi connectivity index (χ0v) is 14.6. The molecule has 140 valence electrons. The van der Waals surface area contributed by atoms with Crippen molar-refractivity contribution >= 4 is 16.9 Å². The molecule has 2 aromatic carbocycles. The quantitative estimate of drug-likeness (QED) is 0.573. The lowest BCUT2D eigenvalue weighted by Crippen LogP contribution is -2.35. The van der Waals surface area contributed by atoms with Crippen LogP contribution < -0.4 is 0 Å². The molecule has 0 aliphatic carbocycles. The van der Waals surface area contributed by atoms with Gasteiger partial charge in [-0.05, 0) is 60.7 Å². The number of fused-ring (bicyclic) bond motifs is 1. The van der Waals surface area contributed by atoms with Crippen LogP contribution in [0.2, 0.25) is 0 Å². The summed E-state index contributed by atoms with van der Waals surface area (Å²) >= 11 is 0. The Morgan fingerprint density at radius 3 is 2.30 bits per heavy atom. The van der Waals surface area contributed by atoms with E-state index in [1.54, 1.807) is 30.3 Å². The molecule has 1 amide bonds. The molecule has 0 atom stereocenters. The first-order valence-corrected chi connectivity index (χ1v) is 8.92. The summed E-state index contributed by atoms with van der Waals surface area (Å²) in [5.74, 6) is -0.0254. The van der Waals surface area contributed by atoms with Gasteiger partial charge < -0.3 is 9.32 Å². The molecule has 1 aliphatic heterocycles. The van der Waals surface area contributed by atoms with Crippen LogP contribution in [0, 0.1) is 0 Å². The number of amides is 1. The van der Waals surface area contributed by atoms with Crippen LogP contribution in [0.15, 0.2) is 53.1 Å². The van der Waals surface area contributed by atoms with Crippen LogP contribution in [0.5, 0.6) is 0 Å². The molecule has 0 spiro atoms. The van der Waals surface area contributed by atoms with Gasteiger partial charge in [-0.2, -0.15) is 13.2 Å². The van der Waals surface area contributed by atoms with E-state index in [0.29, 0.717) is 22.1 Å². The van der Waals surface area contributed by atoms with Crippen LogP contribution in [0.25, 0.3) is 22.1 Å². The lowest BCUT2D eigenvalue weighted by molar-refractivity contribution is -0.136. The summed E-state index contributed by atoms with van der Waals surface area (Å²) in [6, 6.07) is 11.0. The predicted molar refractivity (Wildman–Crippen MR) is 96.4 cm³/mol. The van der Waals surface area contributed by atoms with Crippen LogP contribution >= 0.6 is 0 Å². The van der Waals surface area contributed by atoms with Crippen molar-refractivity contribution in [3.63, 3.8) is 0 Å². The summed E-state index contributed by atoms with van der Waals surface area (Å²) < 4.78 is 45.1. The molecule has 6 heteroatoms. The lowest BCUT2D eigenvalue weighted by Gasteiger charge is -2.26. The molecule has 3 nitrogen and oxygen atoms in total. The van der Waals surface area contributed by atoms with Gasteiger partial charge in [0.25, 0.3) is 5.91 Å². The second-order valence-electron chi connectivity index (χ2n) is 6.79. The molecule has 1 aliphatic rings. The first-order valence-electron chi connectivity index (χ1n) is 8.92. The molecule has 1 aromatic heterocycles. The van der Waals surface area contributed by atoms with E-state index >= 15 is 0 Å². The molecule has 0 radical (unpaired) electrons. The zero-order chi connectivity index (χ0) is 19.0. The average Bonchev–Trinajstić information content (AvgIpc) is 3.15. The third-order valence-electron chi connectivity index (χ3n) is 4.97. The van der Waals surface area contributed by atoms with Gasteiger partial charge in [-0.1, -0.05) is 12.1 Å². The Morgan fingerprint density at radius 1 is 0.926 bits per heavy atom. The van der Waals surface area contributed by atoms with Crippen LogP contribution in [0.1, 0.15) is 35.2 Å². The summed E-state index contributed by atoms with van der Waals surface area (Å²) in [5, 5.41) is 0.397. The van der Waals surface area contributed by atoms with Crippen molar-refractivity contribution in [3.05, 3.63) is 59.9 Å². The normalized spacial score (nSPS) is 15.3. The van der Waals surface area contributed by atoms with Gasteiger partial charge in [0.2, 0.25) is 0 Å². The van der Waals surface area contributed by atoms with Gasteiger partial charge in [-0.15, -0.1) is 0 Å². The summed E-state index contributed by atoms with van der Waals surface area (Å²) in [7, 11) is 0. The van der Waals surface area contributed by atoms with Crippen molar-refractivity contribution in [1.82, 2.24) is 4.90 Å². The van der Waals surface area contributed by atoms with Gasteiger partial charge in [0.05, 0.1) is 11.8 Å². The van der Waals surface area contributed by atoms with Crippen molar-refractivity contribution < 1.29 is 22.4 Å². The van der Waals surface area contributed by atoms with Gasteiger partial charge in [0.15, 0.2) is 0 Å². The maximum atomic E-state index is 13.4. The molecular weight excluding hydrogens is 355 g/mol. The number of rotatable bonds is 2. The molecular formula is C21H18F3NO2. The predicted octanol–water partition coefficient (Wildman–Crippen LogP) is 5.74. The summed E-state index contributed by atoms with van der Waals surface area (Å²) in [6.07, 6.45) is -0.0926. The number of carbonyl (C=O) groups excluding carboxylic acids is 1. The second-order valence-corrected chi connectivity index (χ2v) is 6.79. The Hall–Kier alpha value is -2.76. The van der Waals surface area contributed by atoms with E-state index in [1.807, 2.05) is 4.90 Å². The fourth-order valence-corrected chi connectivity index (χ4v) is 3.54. The highest BCUT2D eigenvalue weighted by molar-refractivity contribution is 5.95. The molecule has 4 rings (SSSR count). The molecule has 1 fully saturated rings. The highest BCUT2D eigenvalue weighted by atomic mass is 19.4. The maximum absolute atomic E-state index is 13.4. The summed E-state index contributed by atoms with van der Waals surface area (Å²) in [6.45, 7) is 1.51. The Morgan fingerprint density at radius 2 is 1.63 bits per heavy atom. The van der Waals surface area contributed by atoms with E-state index < -0.39 is 11.7 Å². The van der Waals surface area contributed by atoms with Crippen LogP contribution in [-0.4, -0.2) is 23.9 Å². The fourth-order valence-electron chi connectivity index (χ4n) is 3.54. The van der Waals surface area contributed by atoms with Crippen LogP contribution in [0.3, 0.4) is 0 Å². The Balaban J connectivity index is 1.67. The minimum atomic E-state index is -4.50. The lowest BCUT2D eigenvalue weighted by atomic mass is 9.99. The number of likely N-dealkylation sites (tertiary alicyclic amines) is 1. The molecule has 1 saturated heterocycles. The van der Waals surface area contributed by atoms with Gasteiger partial charge in [-0.25, -0.2) is 0 Å². The Kier molecular flexibility index (Phi) is 4.42. The van der Waals surface area contributed by atoms with Crippen molar-refractivity contribution in [1.29, 1.82) is 0 Å². The third kappa shape index (κ3) is 3.44. The standard InChI is InChI=1S/C21H18F3NO2/c22-21(23,24)18-13-17(12-16-8-11-27-19(16)18)14-4-6-15(7-5-14)20(26)25-9-2-1-3-10-25/h4-8,11-13H,1-3,9-10H2.